The molecule has 6 saturated heterocycles. The molecule has 612 valence electrons. The van der Waals surface area contributed by atoms with Gasteiger partial charge in [-0.15, -0.1) is 0 Å². The minimum absolute atomic E-state index is 0.0167. The van der Waals surface area contributed by atoms with E-state index in [0.717, 1.165) is 109 Å². The SMILES string of the molecule is CCC(C)(C)C(=O)OC1C2CC3C(=O)OC1(C)C3C2.CCC(C)(C)C(=O)OC1C2CC3OC(=O)C1C3C2.CCC(C)(C)C(=O)OC1C2OC(=O)C3CC1(C)CC32.CCC(C)(C)C(=O)OC1C2OC(=O)C3CC1C(C)(C)C32.CCC(C)C(=O)OC1C2CC3C(=O)OC1C3C2.CCC(C)C(=O)OC1C2CC3OC(=O)C1C3C2. The summed E-state index contributed by atoms with van der Waals surface area (Å²) in [5.41, 5.74) is -2.53. The summed E-state index contributed by atoms with van der Waals surface area (Å²) < 4.78 is 66.6. The van der Waals surface area contributed by atoms with Crippen molar-refractivity contribution in [3.8, 4) is 0 Å². The Morgan fingerprint density at radius 1 is 0.391 bits per heavy atom. The van der Waals surface area contributed by atoms with Crippen LogP contribution in [-0.2, 0) is 114 Å². The van der Waals surface area contributed by atoms with Gasteiger partial charge in [0.2, 0.25) is 0 Å². The van der Waals surface area contributed by atoms with E-state index in [0.29, 0.717) is 41.4 Å². The van der Waals surface area contributed by atoms with Crippen molar-refractivity contribution in [1.82, 2.24) is 0 Å². The highest BCUT2D eigenvalue weighted by molar-refractivity contribution is 5.83. The van der Waals surface area contributed by atoms with Gasteiger partial charge in [-0.2, -0.15) is 0 Å². The number of ether oxygens (including phenoxy) is 12. The van der Waals surface area contributed by atoms with Gasteiger partial charge in [-0.3, -0.25) is 57.5 Å². The van der Waals surface area contributed by atoms with Gasteiger partial charge in [-0.1, -0.05) is 76.2 Å². The normalized spacial score (nSPS) is 42.7. The number of rotatable bonds is 18. The van der Waals surface area contributed by atoms with Gasteiger partial charge in [-0.05, 0) is 177 Å². The van der Waals surface area contributed by atoms with E-state index in [2.05, 4.69) is 20.8 Å². The first kappa shape index (κ1) is 81.6. The molecule has 24 heteroatoms. The van der Waals surface area contributed by atoms with Crippen LogP contribution in [0.5, 0.6) is 0 Å². The van der Waals surface area contributed by atoms with Crippen molar-refractivity contribution in [3.63, 3.8) is 0 Å². The predicted molar refractivity (Wildman–Crippen MR) is 390 cm³/mol. The van der Waals surface area contributed by atoms with Gasteiger partial charge in [0.15, 0.2) is 0 Å². The van der Waals surface area contributed by atoms with Crippen LogP contribution in [0.25, 0.3) is 0 Å². The molecule has 0 spiro atoms. The molecule has 0 aromatic heterocycles. The highest BCUT2D eigenvalue weighted by atomic mass is 16.6. The van der Waals surface area contributed by atoms with Gasteiger partial charge in [0.05, 0.1) is 57.2 Å². The van der Waals surface area contributed by atoms with Crippen molar-refractivity contribution in [2.75, 3.05) is 0 Å². The molecule has 18 fully saturated rings. The molecule has 12 aliphatic carbocycles. The Morgan fingerprint density at radius 2 is 0.818 bits per heavy atom. The number of hydrogen-bond donors (Lipinski definition) is 0. The molecule has 0 aromatic rings. The highest BCUT2D eigenvalue weighted by Gasteiger charge is 2.74. The van der Waals surface area contributed by atoms with Gasteiger partial charge < -0.3 is 56.8 Å². The van der Waals surface area contributed by atoms with Gasteiger partial charge >= 0.3 is 71.6 Å². The third kappa shape index (κ3) is 13.6. The Bertz CT molecular complexity index is 3650. The molecule has 12 bridgehead atoms. The van der Waals surface area contributed by atoms with Crippen LogP contribution in [0.1, 0.15) is 248 Å². The quantitative estimate of drug-likeness (QED) is 0.0909. The van der Waals surface area contributed by atoms with E-state index >= 15 is 0 Å². The fourth-order valence-electron chi connectivity index (χ4n) is 22.7. The zero-order valence-corrected chi connectivity index (χ0v) is 68.6. The van der Waals surface area contributed by atoms with Gasteiger partial charge in [-0.25, -0.2) is 0 Å². The second-order valence-electron chi connectivity index (χ2n) is 39.9. The van der Waals surface area contributed by atoms with E-state index in [1.54, 1.807) is 0 Å². The number of fused-ring (bicyclic) bond motifs is 6. The van der Waals surface area contributed by atoms with E-state index in [-0.39, 0.29) is 221 Å². The number of hydrogen-bond acceptors (Lipinski definition) is 24. The molecule has 24 nitrogen and oxygen atoms in total. The van der Waals surface area contributed by atoms with Crippen LogP contribution in [0.4, 0.5) is 0 Å². The lowest BCUT2D eigenvalue weighted by Crippen LogP contribution is -2.47. The lowest BCUT2D eigenvalue weighted by atomic mass is 9.79. The number of esters is 12. The summed E-state index contributed by atoms with van der Waals surface area (Å²) in [6, 6.07) is 0. The topological polar surface area (TPSA) is 316 Å². The molecule has 18 aliphatic rings. The van der Waals surface area contributed by atoms with Crippen LogP contribution in [0, 0.1) is 145 Å². The van der Waals surface area contributed by atoms with E-state index in [4.69, 9.17) is 56.8 Å². The minimum atomic E-state index is -0.579. The van der Waals surface area contributed by atoms with Crippen molar-refractivity contribution in [3.05, 3.63) is 0 Å². The first-order valence-corrected chi connectivity index (χ1v) is 41.9. The van der Waals surface area contributed by atoms with Crippen LogP contribution in [0.2, 0.25) is 0 Å². The van der Waals surface area contributed by atoms with Crippen molar-refractivity contribution < 1.29 is 114 Å². The van der Waals surface area contributed by atoms with E-state index in [9.17, 15) is 57.5 Å². The Balaban J connectivity index is 0.000000116. The molecule has 32 atom stereocenters. The Morgan fingerprint density at radius 3 is 1.34 bits per heavy atom. The molecular formula is C86H124O24. The fraction of sp³-hybridized carbons (Fsp3) is 0.860. The minimum Gasteiger partial charge on any atom is -0.462 e. The van der Waals surface area contributed by atoms with E-state index in [1.807, 2.05) is 118 Å². The van der Waals surface area contributed by atoms with E-state index < -0.39 is 27.3 Å². The molecule has 0 radical (unpaired) electrons. The van der Waals surface area contributed by atoms with Crippen molar-refractivity contribution in [2.45, 2.75) is 320 Å². The largest absolute Gasteiger partial charge is 0.462 e. The third-order valence-corrected chi connectivity index (χ3v) is 31.7. The molecule has 12 saturated carbocycles. The molecule has 0 amide bonds. The molecule has 32 unspecified atom stereocenters. The summed E-state index contributed by atoms with van der Waals surface area (Å²) in [6.07, 6.45) is 12.6. The average molecular weight is 1540 g/mol. The first-order valence-electron chi connectivity index (χ1n) is 41.9. The van der Waals surface area contributed by atoms with Crippen molar-refractivity contribution >= 4 is 71.6 Å². The fourth-order valence-corrected chi connectivity index (χ4v) is 22.7. The lowest BCUT2D eigenvalue weighted by Gasteiger charge is -2.36. The smallest absolute Gasteiger partial charge is 0.313 e. The Hall–Kier alpha value is -6.36. The summed E-state index contributed by atoms with van der Waals surface area (Å²) in [5, 5.41) is 0. The zero-order chi connectivity index (χ0) is 80.3. The van der Waals surface area contributed by atoms with Crippen molar-refractivity contribution in [1.29, 1.82) is 0 Å². The van der Waals surface area contributed by atoms with Crippen LogP contribution in [0.15, 0.2) is 0 Å². The molecule has 0 N–H and O–H groups in total. The first-order chi connectivity index (χ1) is 51.4. The summed E-state index contributed by atoms with van der Waals surface area (Å²) in [4.78, 5) is 143. The average Bonchev–Trinajstić information content (AvgIpc) is 1.61. The molecule has 6 aliphatic heterocycles. The van der Waals surface area contributed by atoms with Gasteiger partial charge in [0, 0.05) is 70.5 Å². The maximum absolute atomic E-state index is 12.3. The van der Waals surface area contributed by atoms with Crippen LogP contribution in [-0.4, -0.2) is 144 Å². The summed E-state index contributed by atoms with van der Waals surface area (Å²) in [6.45, 7) is 39.2. The van der Waals surface area contributed by atoms with Crippen LogP contribution < -0.4 is 0 Å². The predicted octanol–water partition coefficient (Wildman–Crippen LogP) is 12.1. The molecule has 18 rings (SSSR count). The third-order valence-electron chi connectivity index (χ3n) is 31.7. The monoisotopic (exact) mass is 1540 g/mol. The number of carbonyl (C=O) groups is 12. The zero-order valence-electron chi connectivity index (χ0n) is 68.6. The number of carbonyl (C=O) groups excluding carboxylic acids is 12. The maximum Gasteiger partial charge on any atom is 0.313 e. The second-order valence-corrected chi connectivity index (χ2v) is 39.9. The summed E-state index contributed by atoms with van der Waals surface area (Å²) >= 11 is 0. The molecule has 110 heavy (non-hydrogen) atoms. The highest BCUT2D eigenvalue weighted by Crippen LogP contribution is 2.67. The molecular weight excluding hydrogens is 1420 g/mol. The summed E-state index contributed by atoms with van der Waals surface area (Å²) in [7, 11) is 0. The van der Waals surface area contributed by atoms with Crippen LogP contribution >= 0.6 is 0 Å². The standard InChI is InChI=1S/C16H24O4.2C15H22O4.C14H20O4.2C13H18O4/c1-6-15(2,3)14(18)20-11-9-7-8-10(16(9,4)5)12(11)19-13(8)17;1-5-14(2,3)13(17)19-11-10-8-6-15(11,4)7-9(8)12(16)18-10;1-5-14(2,3)13(17)18-11-8-6-9-10(7-8)15(11,4)19-12(9)16;1-4-14(2,3)13(16)18-11-7-5-8-9(6-7)17-12(15)10(8)11;1-3-6(2)12(14)17-11-7-4-8-9(5-7)16-13(15)10(8)11;1-3-6(2)12(14)16-10-7-4-8-9(5-7)13(15)17-11(8)10/h8-12H,6-7H2,1-5H3;2*8-11H,5-7H2,1-4H3;7-11H,4-6H2,1-3H3;2*6-11H,3-5H2,1-2H3. The van der Waals surface area contributed by atoms with Crippen molar-refractivity contribution in [2.24, 2.45) is 145 Å². The lowest BCUT2D eigenvalue weighted by molar-refractivity contribution is -0.181. The Kier molecular flexibility index (Phi) is 21.7. The molecule has 0 aromatic carbocycles. The van der Waals surface area contributed by atoms with E-state index in [1.165, 1.54) is 0 Å². The maximum atomic E-state index is 12.3. The van der Waals surface area contributed by atoms with Gasteiger partial charge in [0.1, 0.15) is 84.6 Å². The second kappa shape index (κ2) is 29.2. The summed E-state index contributed by atoms with van der Waals surface area (Å²) in [5.74, 6) is 1.18. The van der Waals surface area contributed by atoms with Crippen LogP contribution in [0.3, 0.4) is 0 Å². The molecule has 6 heterocycles. The van der Waals surface area contributed by atoms with Gasteiger partial charge in [0.25, 0.3) is 0 Å². The Labute approximate surface area is 648 Å².